The van der Waals surface area contributed by atoms with Crippen molar-refractivity contribution in [3.63, 3.8) is 0 Å². The maximum atomic E-state index is 10.8. The van der Waals surface area contributed by atoms with Gasteiger partial charge in [0, 0.05) is 6.08 Å². The highest BCUT2D eigenvalue weighted by molar-refractivity contribution is 5.82. The molecule has 0 aliphatic heterocycles. The van der Waals surface area contributed by atoms with Gasteiger partial charge < -0.3 is 4.74 Å². The van der Waals surface area contributed by atoms with Crippen LogP contribution in [0.4, 0.5) is 0 Å². The first kappa shape index (κ1) is 11.9. The second-order valence-electron chi connectivity index (χ2n) is 2.68. The minimum absolute atomic E-state index is 0.275. The minimum atomic E-state index is -0.275. The fourth-order valence-electron chi connectivity index (χ4n) is 0.821. The van der Waals surface area contributed by atoms with E-state index in [1.54, 1.807) is 13.0 Å². The van der Waals surface area contributed by atoms with Gasteiger partial charge in [0.25, 0.3) is 0 Å². The Morgan fingerprint density at radius 2 is 2.08 bits per heavy atom. The molecule has 0 aromatic rings. The van der Waals surface area contributed by atoms with Gasteiger partial charge in [0.1, 0.15) is 0 Å². The van der Waals surface area contributed by atoms with E-state index in [-0.39, 0.29) is 5.97 Å². The Morgan fingerprint density at radius 1 is 1.31 bits per heavy atom. The van der Waals surface area contributed by atoms with E-state index < -0.39 is 0 Å². The lowest BCUT2D eigenvalue weighted by Crippen LogP contribution is -1.98. The summed E-state index contributed by atoms with van der Waals surface area (Å²) in [5, 5.41) is 0. The van der Waals surface area contributed by atoms with Crippen LogP contribution in [0.3, 0.4) is 0 Å². The molecule has 0 heterocycles. The largest absolute Gasteiger partial charge is 0.463 e. The fourth-order valence-corrected chi connectivity index (χ4v) is 0.821. The summed E-state index contributed by atoms with van der Waals surface area (Å²) < 4.78 is 4.71. The lowest BCUT2D eigenvalue weighted by atomic mass is 10.2. The summed E-state index contributed by atoms with van der Waals surface area (Å²) in [6, 6.07) is 0. The molecule has 0 aromatic carbocycles. The van der Waals surface area contributed by atoms with E-state index in [1.807, 2.05) is 6.08 Å². The van der Waals surface area contributed by atoms with Crippen LogP contribution in [0.15, 0.2) is 24.3 Å². The monoisotopic (exact) mass is 182 g/mol. The molecule has 0 fully saturated rings. The summed E-state index contributed by atoms with van der Waals surface area (Å²) in [5.74, 6) is -0.275. The molecular weight excluding hydrogens is 164 g/mol. The maximum absolute atomic E-state index is 10.8. The number of esters is 1. The van der Waals surface area contributed by atoms with Crippen molar-refractivity contribution in [3.8, 4) is 0 Å². The molecule has 0 atom stereocenters. The van der Waals surface area contributed by atoms with Gasteiger partial charge in [-0.2, -0.15) is 0 Å². The molecule has 0 radical (unpaired) electrons. The third-order valence-electron chi connectivity index (χ3n) is 1.49. The van der Waals surface area contributed by atoms with Crippen LogP contribution in [0, 0.1) is 0 Å². The van der Waals surface area contributed by atoms with Gasteiger partial charge in [-0.1, -0.05) is 38.0 Å². The first-order chi connectivity index (χ1) is 6.31. The minimum Gasteiger partial charge on any atom is -0.463 e. The zero-order valence-corrected chi connectivity index (χ0v) is 8.45. The topological polar surface area (TPSA) is 26.3 Å². The first-order valence-electron chi connectivity index (χ1n) is 4.81. The summed E-state index contributed by atoms with van der Waals surface area (Å²) in [4.78, 5) is 10.8. The molecule has 13 heavy (non-hydrogen) atoms. The Hall–Kier alpha value is -1.05. The number of hydrogen-bond donors (Lipinski definition) is 0. The molecule has 0 unspecified atom stereocenters. The predicted octanol–water partition coefficient (Wildman–Crippen LogP) is 2.85. The molecule has 0 amide bonds. The second kappa shape index (κ2) is 9.04. The van der Waals surface area contributed by atoms with Crippen LogP contribution < -0.4 is 0 Å². The van der Waals surface area contributed by atoms with Gasteiger partial charge in [-0.3, -0.25) is 0 Å². The van der Waals surface area contributed by atoms with Crippen LogP contribution in [-0.4, -0.2) is 12.6 Å². The molecule has 0 spiro atoms. The average Bonchev–Trinajstić information content (AvgIpc) is 2.11. The molecule has 74 valence electrons. The highest BCUT2D eigenvalue weighted by atomic mass is 16.5. The Labute approximate surface area is 80.3 Å². The van der Waals surface area contributed by atoms with Crippen LogP contribution in [0.5, 0.6) is 0 Å². The van der Waals surface area contributed by atoms with Gasteiger partial charge in [0.15, 0.2) is 0 Å². The van der Waals surface area contributed by atoms with E-state index >= 15 is 0 Å². The van der Waals surface area contributed by atoms with Gasteiger partial charge in [-0.15, -0.1) is 0 Å². The van der Waals surface area contributed by atoms with E-state index in [2.05, 4.69) is 13.0 Å². The van der Waals surface area contributed by atoms with Crippen LogP contribution in [0.1, 0.15) is 33.1 Å². The summed E-state index contributed by atoms with van der Waals surface area (Å²) in [5.41, 5.74) is 0. The Morgan fingerprint density at radius 3 is 2.69 bits per heavy atom. The molecule has 0 bridgehead atoms. The predicted molar refractivity (Wildman–Crippen MR) is 54.4 cm³/mol. The van der Waals surface area contributed by atoms with Crippen molar-refractivity contribution < 1.29 is 9.53 Å². The van der Waals surface area contributed by atoms with Crippen LogP contribution in [-0.2, 0) is 9.53 Å². The van der Waals surface area contributed by atoms with E-state index in [9.17, 15) is 4.79 Å². The van der Waals surface area contributed by atoms with Gasteiger partial charge in [-0.25, -0.2) is 4.79 Å². The molecule has 2 heteroatoms. The van der Waals surface area contributed by atoms with Crippen LogP contribution >= 0.6 is 0 Å². The molecule has 0 N–H and O–H groups in total. The second-order valence-corrected chi connectivity index (χ2v) is 2.68. The van der Waals surface area contributed by atoms with Crippen LogP contribution in [0.25, 0.3) is 0 Å². The summed E-state index contributed by atoms with van der Waals surface area (Å²) >= 11 is 0. The smallest absolute Gasteiger partial charge is 0.330 e. The summed E-state index contributed by atoms with van der Waals surface area (Å²) in [6.07, 6.45) is 10.6. The number of allylic oxidation sites excluding steroid dienone is 3. The SMILES string of the molecule is CCCCC=C/C=C/C(=O)OCC. The number of ether oxygens (including phenoxy) is 1. The molecule has 0 aliphatic carbocycles. The average molecular weight is 182 g/mol. The molecule has 0 aromatic heterocycles. The molecule has 0 saturated carbocycles. The zero-order chi connectivity index (χ0) is 9.94. The zero-order valence-electron chi connectivity index (χ0n) is 8.45. The van der Waals surface area contributed by atoms with E-state index in [1.165, 1.54) is 18.9 Å². The number of unbranched alkanes of at least 4 members (excludes halogenated alkanes) is 2. The highest BCUT2D eigenvalue weighted by Crippen LogP contribution is 1.94. The first-order valence-corrected chi connectivity index (χ1v) is 4.81. The van der Waals surface area contributed by atoms with Crippen molar-refractivity contribution in [2.24, 2.45) is 0 Å². The number of carbonyl (C=O) groups is 1. The maximum Gasteiger partial charge on any atom is 0.330 e. The molecular formula is C11H18O2. The third-order valence-corrected chi connectivity index (χ3v) is 1.49. The summed E-state index contributed by atoms with van der Waals surface area (Å²) in [6.45, 7) is 4.38. The van der Waals surface area contributed by atoms with Crippen LogP contribution in [0.2, 0.25) is 0 Å². The molecule has 0 rings (SSSR count). The number of hydrogen-bond acceptors (Lipinski definition) is 2. The van der Waals surface area contributed by atoms with E-state index in [4.69, 9.17) is 4.74 Å². The highest BCUT2D eigenvalue weighted by Gasteiger charge is 1.89. The number of rotatable bonds is 6. The molecule has 0 saturated heterocycles. The molecule has 0 aliphatic rings. The van der Waals surface area contributed by atoms with Crippen molar-refractivity contribution in [2.75, 3.05) is 6.61 Å². The lowest BCUT2D eigenvalue weighted by molar-refractivity contribution is -0.137. The molecule has 2 nitrogen and oxygen atoms in total. The van der Waals surface area contributed by atoms with Crippen molar-refractivity contribution in [1.82, 2.24) is 0 Å². The fraction of sp³-hybridized carbons (Fsp3) is 0.545. The number of carbonyl (C=O) groups excluding carboxylic acids is 1. The Bertz CT molecular complexity index is 181. The lowest BCUT2D eigenvalue weighted by Gasteiger charge is -1.92. The van der Waals surface area contributed by atoms with Crippen molar-refractivity contribution >= 4 is 5.97 Å². The van der Waals surface area contributed by atoms with Crippen molar-refractivity contribution in [1.29, 1.82) is 0 Å². The Balaban J connectivity index is 3.49. The van der Waals surface area contributed by atoms with Crippen molar-refractivity contribution in [3.05, 3.63) is 24.3 Å². The normalized spacial score (nSPS) is 11.2. The van der Waals surface area contributed by atoms with Gasteiger partial charge >= 0.3 is 5.97 Å². The van der Waals surface area contributed by atoms with Crippen molar-refractivity contribution in [2.45, 2.75) is 33.1 Å². The van der Waals surface area contributed by atoms with Gasteiger partial charge in [-0.05, 0) is 13.3 Å². The van der Waals surface area contributed by atoms with Gasteiger partial charge in [0.05, 0.1) is 6.61 Å². The van der Waals surface area contributed by atoms with Gasteiger partial charge in [0.2, 0.25) is 0 Å². The third kappa shape index (κ3) is 8.86. The van der Waals surface area contributed by atoms with E-state index in [0.29, 0.717) is 6.61 Å². The summed E-state index contributed by atoms with van der Waals surface area (Å²) in [7, 11) is 0. The Kier molecular flexibility index (Phi) is 8.31. The quantitative estimate of drug-likeness (QED) is 0.273. The van der Waals surface area contributed by atoms with E-state index in [0.717, 1.165) is 6.42 Å². The standard InChI is InChI=1S/C11H18O2/c1-3-5-6-7-8-9-10-11(12)13-4-2/h7-10H,3-6H2,1-2H3/b8-7?,10-9+.